The normalized spacial score (nSPS) is 17.5. The number of ether oxygens (including phenoxy) is 2. The van der Waals surface area contributed by atoms with Crippen LogP contribution in [0, 0.1) is 23.7 Å². The minimum absolute atomic E-state index is 0.0383. The molecule has 6 aromatic rings. The fourth-order valence-corrected chi connectivity index (χ4v) is 10.7. The topological polar surface area (TPSA) is 199 Å². The summed E-state index contributed by atoms with van der Waals surface area (Å²) in [5.41, 5.74) is 4.17. The number of Topliss-reactive ketones (excluding diaryl/α,β-unsaturated/α-hetero) is 1. The zero-order valence-electron chi connectivity index (χ0n) is 43.5. The first-order chi connectivity index (χ1) is 36.0. The average molecular weight is 1090 g/mol. The third-order valence-electron chi connectivity index (χ3n) is 13.9. The molecule has 8 rings (SSSR count). The molecule has 16 nitrogen and oxygen atoms in total. The van der Waals surface area contributed by atoms with E-state index in [1.165, 1.54) is 15.8 Å². The van der Waals surface area contributed by atoms with Crippen LogP contribution < -0.4 is 25.7 Å². The highest BCUT2D eigenvalue weighted by Gasteiger charge is 2.45. The SMILES string of the molecule is CCn1cc(-c2cc(Cn3ccn(C)c3=N)cc3c2OCC(Cc2ccc(Cl)c(OCCCCC(=O)N[C@H](C(=O)N4C[C@H](O)C[C@H]4C(=O)N[C@@H](C)c4ccc(-c5scnc5C)cc4)C(C)(C)C)c2)C3=O)c(C(F)(F)F)n1. The number of unbranched alkanes of at least 4 members (excludes halogenated alkanes) is 1. The summed E-state index contributed by atoms with van der Waals surface area (Å²) in [6, 6.07) is 13.9. The van der Waals surface area contributed by atoms with Crippen molar-refractivity contribution in [3.8, 4) is 33.1 Å². The van der Waals surface area contributed by atoms with Crippen LogP contribution in [0.2, 0.25) is 5.02 Å². The smallest absolute Gasteiger partial charge is 0.435 e. The van der Waals surface area contributed by atoms with E-state index in [0.29, 0.717) is 34.7 Å². The lowest BCUT2D eigenvalue weighted by Gasteiger charge is -2.35. The van der Waals surface area contributed by atoms with E-state index in [-0.39, 0.29) is 97.9 Å². The Kier molecular flexibility index (Phi) is 16.7. The van der Waals surface area contributed by atoms with Gasteiger partial charge in [-0.1, -0.05) is 62.7 Å². The summed E-state index contributed by atoms with van der Waals surface area (Å²) in [7, 11) is 1.70. The van der Waals surface area contributed by atoms with Crippen LogP contribution in [0.25, 0.3) is 21.6 Å². The number of carbonyl (C=O) groups excluding carboxylic acids is 4. The molecule has 76 heavy (non-hydrogen) atoms. The first-order valence-electron chi connectivity index (χ1n) is 25.3. The van der Waals surface area contributed by atoms with Crippen LogP contribution in [0.1, 0.15) is 105 Å². The van der Waals surface area contributed by atoms with Gasteiger partial charge in [0.1, 0.15) is 23.6 Å². The Morgan fingerprint density at radius 3 is 2.41 bits per heavy atom. The third kappa shape index (κ3) is 12.4. The number of imidazole rings is 1. The number of ketones is 1. The van der Waals surface area contributed by atoms with Gasteiger partial charge in [-0.25, -0.2) is 4.98 Å². The first kappa shape index (κ1) is 55.5. The van der Waals surface area contributed by atoms with Crippen LogP contribution in [0.5, 0.6) is 11.5 Å². The van der Waals surface area contributed by atoms with E-state index in [2.05, 4.69) is 20.7 Å². The van der Waals surface area contributed by atoms with Crippen LogP contribution in [0.4, 0.5) is 13.2 Å². The third-order valence-corrected chi connectivity index (χ3v) is 15.2. The van der Waals surface area contributed by atoms with Crippen LogP contribution in [-0.2, 0) is 47.1 Å². The molecule has 4 N–H and O–H groups in total. The minimum atomic E-state index is -4.78. The van der Waals surface area contributed by atoms with Crippen LogP contribution in [-0.4, -0.2) is 95.4 Å². The van der Waals surface area contributed by atoms with E-state index >= 15 is 0 Å². The standard InChI is InChI=1S/C55H63ClF3N9O7S/c1-8-67-28-41(49(64-67)55(57,58)59)39-22-34(26-66-19-18-65(7)53(66)60)23-40-46(71)37(29-75-47(39)40)21-33-12-17-42(56)44(24-33)74-20-10-9-11-45(70)63-50(54(4,5)6)52(73)68-27-38(69)25-43(68)51(72)62-31(2)35-13-15-36(16-14-35)48-32(3)61-30-76-48/h12-19,22-24,28,30-31,37-38,43,50,60,69H,8-11,20-21,25-27,29H2,1-7H3,(H,62,72)(H,63,70)/t31-,37?,38+,43-,50+/m0/s1. The second-order valence-electron chi connectivity index (χ2n) is 20.7. The van der Waals surface area contributed by atoms with Crippen molar-refractivity contribution in [2.45, 2.75) is 117 Å². The number of fused-ring (bicyclic) bond motifs is 1. The van der Waals surface area contributed by atoms with Gasteiger partial charge < -0.3 is 39.2 Å². The number of nitrogens with zero attached hydrogens (tertiary/aromatic N) is 6. The van der Waals surface area contributed by atoms with Gasteiger partial charge in [-0.2, -0.15) is 18.3 Å². The Morgan fingerprint density at radius 1 is 1.01 bits per heavy atom. The number of aromatic nitrogens is 5. The molecule has 0 spiro atoms. The van der Waals surface area contributed by atoms with E-state index < -0.39 is 53.2 Å². The number of thiazole rings is 1. The number of halogens is 4. The number of aliphatic hydroxyl groups excluding tert-OH is 1. The van der Waals surface area contributed by atoms with Crippen LogP contribution >= 0.6 is 22.9 Å². The molecule has 404 valence electrons. The summed E-state index contributed by atoms with van der Waals surface area (Å²) in [5.74, 6) is -1.85. The van der Waals surface area contributed by atoms with Gasteiger partial charge in [0, 0.05) is 62.7 Å². The monoisotopic (exact) mass is 1090 g/mol. The second kappa shape index (κ2) is 22.8. The lowest BCUT2D eigenvalue weighted by Crippen LogP contribution is -2.57. The molecule has 0 aliphatic carbocycles. The Labute approximate surface area is 447 Å². The summed E-state index contributed by atoms with van der Waals surface area (Å²) in [6.45, 7) is 11.3. The number of hydrogen-bond donors (Lipinski definition) is 4. The lowest BCUT2D eigenvalue weighted by atomic mass is 9.85. The van der Waals surface area contributed by atoms with E-state index in [1.807, 2.05) is 58.9 Å². The van der Waals surface area contributed by atoms with Gasteiger partial charge in [0.2, 0.25) is 23.3 Å². The Bertz CT molecular complexity index is 3180. The number of alkyl halides is 3. The van der Waals surface area contributed by atoms with Gasteiger partial charge in [-0.15, -0.1) is 11.3 Å². The maximum Gasteiger partial charge on any atom is 0.435 e. The fourth-order valence-electron chi connectivity index (χ4n) is 9.68. The van der Waals surface area contributed by atoms with Crippen molar-refractivity contribution in [3.05, 3.63) is 123 Å². The van der Waals surface area contributed by atoms with E-state index in [0.717, 1.165) is 21.7 Å². The van der Waals surface area contributed by atoms with Crippen molar-refractivity contribution in [2.75, 3.05) is 19.8 Å². The fraction of sp³-hybridized carbons (Fsp3) is 0.436. The molecule has 3 aromatic heterocycles. The highest BCUT2D eigenvalue weighted by molar-refractivity contribution is 7.13. The molecular formula is C55H63ClF3N9O7S. The van der Waals surface area contributed by atoms with Gasteiger partial charge in [-0.05, 0) is 92.0 Å². The van der Waals surface area contributed by atoms with Gasteiger partial charge in [0.25, 0.3) is 0 Å². The Balaban J connectivity index is 0.868. The molecule has 3 aromatic carbocycles. The molecule has 1 unspecified atom stereocenters. The predicted molar refractivity (Wildman–Crippen MR) is 281 cm³/mol. The molecule has 3 amide bonds. The minimum Gasteiger partial charge on any atom is -0.492 e. The highest BCUT2D eigenvalue weighted by atomic mass is 35.5. The zero-order chi connectivity index (χ0) is 54.8. The number of likely N-dealkylation sites (tertiary alicyclic amines) is 1. The highest BCUT2D eigenvalue weighted by Crippen LogP contribution is 2.44. The number of β-amino-alcohol motifs (C(OH)–C–C–N with tert-alkyl or cyclic N) is 1. The summed E-state index contributed by atoms with van der Waals surface area (Å²) >= 11 is 8.12. The summed E-state index contributed by atoms with van der Waals surface area (Å²) in [4.78, 5) is 62.6. The van der Waals surface area contributed by atoms with Gasteiger partial charge in [-0.3, -0.25) is 29.3 Å². The van der Waals surface area contributed by atoms with Crippen molar-refractivity contribution < 1.29 is 46.9 Å². The predicted octanol–water partition coefficient (Wildman–Crippen LogP) is 8.70. The number of benzene rings is 3. The number of amides is 3. The van der Waals surface area contributed by atoms with Crippen molar-refractivity contribution in [1.82, 2.24) is 39.4 Å². The maximum absolute atomic E-state index is 14.4. The molecule has 5 heterocycles. The van der Waals surface area contributed by atoms with Gasteiger partial charge >= 0.3 is 6.18 Å². The number of carbonyl (C=O) groups is 4. The van der Waals surface area contributed by atoms with Crippen molar-refractivity contribution in [3.63, 3.8) is 0 Å². The molecule has 1 fully saturated rings. The Morgan fingerprint density at radius 2 is 1.75 bits per heavy atom. The number of aliphatic hydroxyl groups is 1. The molecule has 21 heteroatoms. The van der Waals surface area contributed by atoms with Gasteiger partial charge in [0.05, 0.1) is 64.5 Å². The number of aryl methyl sites for hydroxylation is 3. The zero-order valence-corrected chi connectivity index (χ0v) is 45.0. The first-order valence-corrected chi connectivity index (χ1v) is 26.5. The Hall–Kier alpha value is -6.77. The molecular weight excluding hydrogens is 1020 g/mol. The summed E-state index contributed by atoms with van der Waals surface area (Å²) in [6.07, 6.45) is 0.155. The molecule has 0 bridgehead atoms. The molecule has 5 atom stereocenters. The average Bonchev–Trinajstić information content (AvgIpc) is 4.20. The quantitative estimate of drug-likeness (QED) is 0.0609. The van der Waals surface area contributed by atoms with Crippen molar-refractivity contribution in [2.24, 2.45) is 18.4 Å². The largest absolute Gasteiger partial charge is 0.492 e. The van der Waals surface area contributed by atoms with Crippen LogP contribution in [0.15, 0.2) is 78.7 Å². The molecule has 2 aliphatic heterocycles. The van der Waals surface area contributed by atoms with Crippen LogP contribution in [0.3, 0.4) is 0 Å². The maximum atomic E-state index is 14.4. The van der Waals surface area contributed by atoms with Crippen molar-refractivity contribution >= 4 is 46.4 Å². The number of nitrogens with one attached hydrogen (secondary N) is 3. The molecule has 1 saturated heterocycles. The number of rotatable bonds is 18. The van der Waals surface area contributed by atoms with E-state index in [4.69, 9.17) is 26.5 Å². The number of hydrogen-bond acceptors (Lipinski definition) is 11. The van der Waals surface area contributed by atoms with E-state index in [9.17, 15) is 37.5 Å². The summed E-state index contributed by atoms with van der Waals surface area (Å²) < 4.78 is 59.9. The molecule has 0 saturated carbocycles. The lowest BCUT2D eigenvalue weighted by molar-refractivity contribution is -0.144. The second-order valence-corrected chi connectivity index (χ2v) is 21.9. The summed E-state index contributed by atoms with van der Waals surface area (Å²) in [5, 5.41) is 29.2. The van der Waals surface area contributed by atoms with Gasteiger partial charge in [0.15, 0.2) is 11.5 Å². The van der Waals surface area contributed by atoms with Crippen molar-refractivity contribution in [1.29, 1.82) is 5.41 Å². The molecule has 2 aliphatic rings. The van der Waals surface area contributed by atoms with E-state index in [1.54, 1.807) is 82.7 Å². The molecule has 0 radical (unpaired) electrons.